The third-order valence-corrected chi connectivity index (χ3v) is 5.16. The van der Waals surface area contributed by atoms with Crippen LogP contribution in [0.15, 0.2) is 36.5 Å². The van der Waals surface area contributed by atoms with Gasteiger partial charge in [-0.3, -0.25) is 9.59 Å². The molecule has 8 heteroatoms. The number of anilines is 1. The van der Waals surface area contributed by atoms with E-state index >= 15 is 0 Å². The molecule has 3 rings (SSSR count). The molecule has 0 saturated carbocycles. The number of aromatic nitrogens is 3. The lowest BCUT2D eigenvalue weighted by Gasteiger charge is -2.10. The molecule has 28 heavy (non-hydrogen) atoms. The van der Waals surface area contributed by atoms with Crippen molar-refractivity contribution in [2.45, 2.75) is 32.6 Å². The Morgan fingerprint density at radius 2 is 2.07 bits per heavy atom. The Labute approximate surface area is 167 Å². The second kappa shape index (κ2) is 8.43. The van der Waals surface area contributed by atoms with Crippen molar-refractivity contribution in [3.8, 4) is 0 Å². The van der Waals surface area contributed by atoms with Crippen LogP contribution in [-0.2, 0) is 10.5 Å². The molecule has 146 valence electrons. The van der Waals surface area contributed by atoms with Gasteiger partial charge in [0.25, 0.3) is 5.91 Å². The van der Waals surface area contributed by atoms with Crippen molar-refractivity contribution in [2.75, 3.05) is 11.1 Å². The SMILES string of the molecule is Cc1nc2c(cnn2C(C)C)cc1C(=O)Nc1cccc(CSCC(=O)O)c1. The normalized spacial score (nSPS) is 11.1. The number of aliphatic carboxylic acids is 1. The number of carbonyl (C=O) groups is 2. The minimum Gasteiger partial charge on any atom is -0.481 e. The maximum absolute atomic E-state index is 12.8. The van der Waals surface area contributed by atoms with Crippen LogP contribution in [0.4, 0.5) is 5.69 Å². The molecule has 0 radical (unpaired) electrons. The number of hydrogen-bond acceptors (Lipinski definition) is 5. The summed E-state index contributed by atoms with van der Waals surface area (Å²) in [6.45, 7) is 5.88. The third kappa shape index (κ3) is 4.51. The van der Waals surface area contributed by atoms with E-state index in [2.05, 4.69) is 15.4 Å². The van der Waals surface area contributed by atoms with Gasteiger partial charge in [-0.1, -0.05) is 12.1 Å². The molecule has 0 fully saturated rings. The van der Waals surface area contributed by atoms with E-state index in [0.29, 0.717) is 22.7 Å². The second-order valence-electron chi connectivity index (χ2n) is 6.76. The lowest BCUT2D eigenvalue weighted by atomic mass is 10.1. The number of rotatable bonds is 7. The summed E-state index contributed by atoms with van der Waals surface area (Å²) in [6.07, 6.45) is 1.72. The number of carbonyl (C=O) groups excluding carboxylic acids is 1. The van der Waals surface area contributed by atoms with E-state index in [0.717, 1.165) is 16.6 Å². The van der Waals surface area contributed by atoms with Crippen molar-refractivity contribution in [3.05, 3.63) is 53.3 Å². The first-order valence-electron chi connectivity index (χ1n) is 8.90. The maximum atomic E-state index is 12.8. The van der Waals surface area contributed by atoms with E-state index in [1.54, 1.807) is 12.3 Å². The van der Waals surface area contributed by atoms with Crippen molar-refractivity contribution in [2.24, 2.45) is 0 Å². The first-order chi connectivity index (χ1) is 13.3. The van der Waals surface area contributed by atoms with Crippen molar-refractivity contribution < 1.29 is 14.7 Å². The van der Waals surface area contributed by atoms with Crippen molar-refractivity contribution in [3.63, 3.8) is 0 Å². The molecule has 0 atom stereocenters. The molecule has 7 nitrogen and oxygen atoms in total. The van der Waals surface area contributed by atoms with Crippen molar-refractivity contribution in [1.29, 1.82) is 0 Å². The van der Waals surface area contributed by atoms with Gasteiger partial charge in [0.1, 0.15) is 0 Å². The van der Waals surface area contributed by atoms with E-state index in [9.17, 15) is 9.59 Å². The summed E-state index contributed by atoms with van der Waals surface area (Å²) in [5.41, 5.74) is 3.52. The van der Waals surface area contributed by atoms with Crippen LogP contribution < -0.4 is 5.32 Å². The van der Waals surface area contributed by atoms with Gasteiger partial charge in [-0.2, -0.15) is 5.10 Å². The number of benzene rings is 1. The topological polar surface area (TPSA) is 97.1 Å². The average Bonchev–Trinajstić information content (AvgIpc) is 3.04. The van der Waals surface area contributed by atoms with E-state index < -0.39 is 5.97 Å². The van der Waals surface area contributed by atoms with Crippen LogP contribution in [0.5, 0.6) is 0 Å². The molecular weight excluding hydrogens is 376 g/mol. The molecule has 3 aromatic rings. The number of pyridine rings is 1. The molecule has 0 aliphatic carbocycles. The largest absolute Gasteiger partial charge is 0.481 e. The van der Waals surface area contributed by atoms with Crippen molar-refractivity contribution >= 4 is 40.4 Å². The molecule has 0 aliphatic heterocycles. The number of fused-ring (bicyclic) bond motifs is 1. The summed E-state index contributed by atoms with van der Waals surface area (Å²) in [4.78, 5) is 28.0. The fourth-order valence-electron chi connectivity index (χ4n) is 2.87. The Morgan fingerprint density at radius 1 is 1.29 bits per heavy atom. The number of nitrogens with zero attached hydrogens (tertiary/aromatic N) is 3. The van der Waals surface area contributed by atoms with Crippen molar-refractivity contribution in [1.82, 2.24) is 14.8 Å². The summed E-state index contributed by atoms with van der Waals surface area (Å²) in [5.74, 6) is -0.462. The van der Waals surface area contributed by atoms with Gasteiger partial charge in [-0.15, -0.1) is 11.8 Å². The molecule has 2 N–H and O–H groups in total. The second-order valence-corrected chi connectivity index (χ2v) is 7.74. The summed E-state index contributed by atoms with van der Waals surface area (Å²) >= 11 is 1.32. The zero-order valence-corrected chi connectivity index (χ0v) is 16.8. The zero-order chi connectivity index (χ0) is 20.3. The van der Waals surface area contributed by atoms with Crippen LogP contribution in [-0.4, -0.2) is 37.5 Å². The van der Waals surface area contributed by atoms with Crippen LogP contribution in [0.3, 0.4) is 0 Å². The predicted octanol–water partition coefficient (Wildman–Crippen LogP) is 3.89. The van der Waals surface area contributed by atoms with Gasteiger partial charge in [0, 0.05) is 22.9 Å². The highest BCUT2D eigenvalue weighted by Crippen LogP contribution is 2.21. The minimum absolute atomic E-state index is 0.0471. The van der Waals surface area contributed by atoms with Gasteiger partial charge in [0.05, 0.1) is 23.2 Å². The number of hydrogen-bond donors (Lipinski definition) is 2. The molecule has 0 saturated heterocycles. The molecule has 0 bridgehead atoms. The molecule has 2 heterocycles. The highest BCUT2D eigenvalue weighted by Gasteiger charge is 2.15. The monoisotopic (exact) mass is 398 g/mol. The van der Waals surface area contributed by atoms with Gasteiger partial charge >= 0.3 is 5.97 Å². The number of thioether (sulfide) groups is 1. The summed E-state index contributed by atoms with van der Waals surface area (Å²) < 4.78 is 1.84. The molecular formula is C20H22N4O3S. The minimum atomic E-state index is -0.839. The highest BCUT2D eigenvalue weighted by atomic mass is 32.2. The van der Waals surface area contributed by atoms with Crippen LogP contribution in [0, 0.1) is 6.92 Å². The molecule has 0 spiro atoms. The van der Waals surface area contributed by atoms with Crippen LogP contribution >= 0.6 is 11.8 Å². The summed E-state index contributed by atoms with van der Waals surface area (Å²) in [7, 11) is 0. The van der Waals surface area contributed by atoms with E-state index in [1.165, 1.54) is 11.8 Å². The first-order valence-corrected chi connectivity index (χ1v) is 10.1. The molecule has 0 aliphatic rings. The van der Waals surface area contributed by atoms with Gasteiger partial charge in [-0.05, 0) is 44.5 Å². The maximum Gasteiger partial charge on any atom is 0.313 e. The number of carboxylic acids is 1. The number of aryl methyl sites for hydroxylation is 1. The van der Waals surface area contributed by atoms with E-state index in [4.69, 9.17) is 5.11 Å². The Morgan fingerprint density at radius 3 is 2.79 bits per heavy atom. The number of carboxylic acid groups (broad SMARTS) is 1. The van der Waals surface area contributed by atoms with Gasteiger partial charge in [0.2, 0.25) is 0 Å². The molecule has 2 aromatic heterocycles. The molecule has 1 aromatic carbocycles. The highest BCUT2D eigenvalue weighted by molar-refractivity contribution is 7.99. The van der Waals surface area contributed by atoms with Gasteiger partial charge in [-0.25, -0.2) is 9.67 Å². The van der Waals surface area contributed by atoms with Crippen LogP contribution in [0.1, 0.15) is 41.5 Å². The smallest absolute Gasteiger partial charge is 0.313 e. The number of nitrogens with one attached hydrogen (secondary N) is 1. The van der Waals surface area contributed by atoms with Gasteiger partial charge < -0.3 is 10.4 Å². The van der Waals surface area contributed by atoms with E-state index in [1.807, 2.05) is 49.7 Å². The first kappa shape index (κ1) is 19.9. The lowest BCUT2D eigenvalue weighted by molar-refractivity contribution is -0.133. The van der Waals surface area contributed by atoms with Crippen LogP contribution in [0.2, 0.25) is 0 Å². The zero-order valence-electron chi connectivity index (χ0n) is 16.0. The fraction of sp³-hybridized carbons (Fsp3) is 0.300. The Hall–Kier alpha value is -2.87. The fourth-order valence-corrected chi connectivity index (χ4v) is 3.56. The Kier molecular flexibility index (Phi) is 5.99. The van der Waals surface area contributed by atoms with Gasteiger partial charge in [0.15, 0.2) is 5.65 Å². The quantitative estimate of drug-likeness (QED) is 0.627. The molecule has 1 amide bonds. The Bertz CT molecular complexity index is 1030. The predicted molar refractivity (Wildman–Crippen MR) is 111 cm³/mol. The summed E-state index contributed by atoms with van der Waals surface area (Å²) in [6, 6.07) is 9.40. The Balaban J connectivity index is 1.77. The average molecular weight is 398 g/mol. The lowest BCUT2D eigenvalue weighted by Crippen LogP contribution is -2.14. The summed E-state index contributed by atoms with van der Waals surface area (Å²) in [5, 5.41) is 16.8. The standard InChI is InChI=1S/C20H22N4O3S/c1-12(2)24-19-15(9-21-24)8-17(13(3)22-19)20(27)23-16-6-4-5-14(7-16)10-28-11-18(25)26/h4-9,12H,10-11H2,1-3H3,(H,23,27)(H,25,26). The molecule has 0 unspecified atom stereocenters. The third-order valence-electron chi connectivity index (χ3n) is 4.17. The van der Waals surface area contributed by atoms with E-state index in [-0.39, 0.29) is 17.7 Å². The number of amides is 1. The van der Waals surface area contributed by atoms with Crippen LogP contribution in [0.25, 0.3) is 11.0 Å².